The number of rotatable bonds is 7. The quantitative estimate of drug-likeness (QED) is 0.302. The Balaban J connectivity index is 1.40. The van der Waals surface area contributed by atoms with E-state index in [1.165, 1.54) is 11.8 Å². The number of amides is 2. The van der Waals surface area contributed by atoms with E-state index in [1.54, 1.807) is 4.90 Å². The Kier molecular flexibility index (Phi) is 7.78. The molecule has 0 spiro atoms. The predicted molar refractivity (Wildman–Crippen MR) is 170 cm³/mol. The third kappa shape index (κ3) is 5.44. The zero-order valence-corrected chi connectivity index (χ0v) is 25.6. The molecule has 1 N–H and O–H groups in total. The molecule has 0 saturated carbocycles. The van der Waals surface area contributed by atoms with Crippen molar-refractivity contribution in [2.45, 2.75) is 38.0 Å². The van der Waals surface area contributed by atoms with Crippen LogP contribution in [0.15, 0.2) is 66.7 Å². The maximum absolute atomic E-state index is 14.0. The van der Waals surface area contributed by atoms with E-state index in [0.29, 0.717) is 30.5 Å². The molecule has 4 heterocycles. The van der Waals surface area contributed by atoms with Gasteiger partial charge in [0.15, 0.2) is 11.5 Å². The summed E-state index contributed by atoms with van der Waals surface area (Å²) in [5, 5.41) is 7.96. The molecule has 3 aliphatic rings. The normalized spacial score (nSPS) is 19.1. The minimum Gasteiger partial charge on any atom is -0.454 e. The lowest BCUT2D eigenvalue weighted by molar-refractivity contribution is -0.123. The molecule has 2 amide bonds. The number of fused-ring (bicyclic) bond motifs is 2. The zero-order valence-electron chi connectivity index (χ0n) is 24.7. The summed E-state index contributed by atoms with van der Waals surface area (Å²) in [4.78, 5) is 29.1. The molecule has 9 nitrogen and oxygen atoms in total. The SMILES string of the molecule is Cc1ccc(-n2nc(-c3ccccc3)c3c2N(CC(=O)NC[C@H]2CCCO2)C(=O)CS[C@H]3c2ccc3c(c2)OCO3)c(C)c1. The summed E-state index contributed by atoms with van der Waals surface area (Å²) >= 11 is 1.53. The molecule has 44 heavy (non-hydrogen) atoms. The highest BCUT2D eigenvalue weighted by atomic mass is 32.2. The fourth-order valence-electron chi connectivity index (χ4n) is 6.11. The summed E-state index contributed by atoms with van der Waals surface area (Å²) in [6, 6.07) is 22.1. The van der Waals surface area contributed by atoms with Gasteiger partial charge in [-0.1, -0.05) is 54.1 Å². The highest BCUT2D eigenvalue weighted by Gasteiger charge is 2.38. The summed E-state index contributed by atoms with van der Waals surface area (Å²) < 4.78 is 18.9. The first-order valence-corrected chi connectivity index (χ1v) is 16.0. The van der Waals surface area contributed by atoms with Crippen molar-refractivity contribution in [1.82, 2.24) is 15.1 Å². The van der Waals surface area contributed by atoms with Gasteiger partial charge in [-0.3, -0.25) is 14.5 Å². The Bertz CT molecular complexity index is 1720. The van der Waals surface area contributed by atoms with Crippen LogP contribution in [0.1, 0.15) is 40.3 Å². The number of carbonyl (C=O) groups excluding carboxylic acids is 2. The van der Waals surface area contributed by atoms with Crippen molar-refractivity contribution < 1.29 is 23.8 Å². The van der Waals surface area contributed by atoms with E-state index in [2.05, 4.69) is 18.3 Å². The van der Waals surface area contributed by atoms with Crippen LogP contribution in [-0.2, 0) is 14.3 Å². The van der Waals surface area contributed by atoms with Crippen LogP contribution in [0.3, 0.4) is 0 Å². The van der Waals surface area contributed by atoms with Crippen LogP contribution in [0, 0.1) is 13.8 Å². The highest BCUT2D eigenvalue weighted by molar-refractivity contribution is 8.00. The molecule has 7 rings (SSSR count). The monoisotopic (exact) mass is 610 g/mol. The van der Waals surface area contributed by atoms with Gasteiger partial charge in [-0.2, -0.15) is 5.10 Å². The van der Waals surface area contributed by atoms with Crippen molar-refractivity contribution in [3.05, 3.63) is 89.0 Å². The molecule has 0 radical (unpaired) electrons. The van der Waals surface area contributed by atoms with Crippen molar-refractivity contribution >= 4 is 29.4 Å². The van der Waals surface area contributed by atoms with Crippen LogP contribution in [0.2, 0.25) is 0 Å². The molecule has 226 valence electrons. The lowest BCUT2D eigenvalue weighted by Gasteiger charge is -2.24. The van der Waals surface area contributed by atoms with Crippen LogP contribution < -0.4 is 19.7 Å². The van der Waals surface area contributed by atoms with Crippen molar-refractivity contribution in [3.63, 3.8) is 0 Å². The minimum absolute atomic E-state index is 0.00529. The summed E-state index contributed by atoms with van der Waals surface area (Å²) in [6.45, 7) is 5.28. The molecule has 10 heteroatoms. The number of nitrogens with one attached hydrogen (secondary N) is 1. The Morgan fingerprint density at radius 1 is 1.05 bits per heavy atom. The van der Waals surface area contributed by atoms with Gasteiger partial charge >= 0.3 is 0 Å². The number of hydrogen-bond donors (Lipinski definition) is 1. The molecule has 3 aromatic carbocycles. The fourth-order valence-corrected chi connectivity index (χ4v) is 7.30. The number of aromatic nitrogens is 2. The molecular weight excluding hydrogens is 576 g/mol. The Morgan fingerprint density at radius 3 is 2.68 bits per heavy atom. The van der Waals surface area contributed by atoms with Crippen LogP contribution in [-0.4, -0.2) is 59.9 Å². The first-order chi connectivity index (χ1) is 21.5. The van der Waals surface area contributed by atoms with Gasteiger partial charge in [0, 0.05) is 24.3 Å². The van der Waals surface area contributed by atoms with Gasteiger partial charge in [0.1, 0.15) is 12.4 Å². The number of ether oxygens (including phenoxy) is 3. The third-order valence-electron chi connectivity index (χ3n) is 8.27. The lowest BCUT2D eigenvalue weighted by atomic mass is 9.99. The van der Waals surface area contributed by atoms with Crippen molar-refractivity contribution in [3.8, 4) is 28.4 Å². The Hall–Kier alpha value is -4.28. The molecule has 4 aromatic rings. The molecule has 1 aromatic heterocycles. The van der Waals surface area contributed by atoms with E-state index in [9.17, 15) is 9.59 Å². The first kappa shape index (κ1) is 28.5. The smallest absolute Gasteiger partial charge is 0.240 e. The lowest BCUT2D eigenvalue weighted by Crippen LogP contribution is -2.44. The van der Waals surface area contributed by atoms with Crippen molar-refractivity contribution in [2.24, 2.45) is 0 Å². The summed E-state index contributed by atoms with van der Waals surface area (Å²) in [5.74, 6) is 1.77. The Labute approximate surface area is 260 Å². The molecule has 1 fully saturated rings. The van der Waals surface area contributed by atoms with Crippen LogP contribution in [0.4, 0.5) is 5.82 Å². The van der Waals surface area contributed by atoms with E-state index in [1.807, 2.05) is 72.3 Å². The van der Waals surface area contributed by atoms with Gasteiger partial charge in [-0.25, -0.2) is 4.68 Å². The van der Waals surface area contributed by atoms with E-state index in [-0.39, 0.29) is 42.3 Å². The van der Waals surface area contributed by atoms with Gasteiger partial charge < -0.3 is 19.5 Å². The van der Waals surface area contributed by atoms with Crippen molar-refractivity contribution in [2.75, 3.05) is 37.1 Å². The number of nitrogens with zero attached hydrogens (tertiary/aromatic N) is 3. The van der Waals surface area contributed by atoms with E-state index >= 15 is 0 Å². The largest absolute Gasteiger partial charge is 0.454 e. The fraction of sp³-hybridized carbons (Fsp3) is 0.324. The summed E-state index contributed by atoms with van der Waals surface area (Å²) in [6.07, 6.45) is 1.91. The van der Waals surface area contributed by atoms with E-state index < -0.39 is 0 Å². The number of carbonyl (C=O) groups is 2. The summed E-state index contributed by atoms with van der Waals surface area (Å²) in [7, 11) is 0. The van der Waals surface area contributed by atoms with Crippen molar-refractivity contribution in [1.29, 1.82) is 0 Å². The highest BCUT2D eigenvalue weighted by Crippen LogP contribution is 2.50. The van der Waals surface area contributed by atoms with Crippen LogP contribution >= 0.6 is 11.8 Å². The molecule has 0 aliphatic carbocycles. The molecule has 1 saturated heterocycles. The molecule has 0 unspecified atom stereocenters. The van der Waals surface area contributed by atoms with Gasteiger partial charge in [-0.15, -0.1) is 11.8 Å². The minimum atomic E-state index is -0.266. The standard InChI is InChI=1S/C34H34N4O5S/c1-21-10-12-26(22(2)15-21)38-34-31(32(36-38)23-7-4-3-5-8-23)33(24-11-13-27-28(16-24)43-20-42-27)44-19-30(40)37(34)18-29(39)35-17-25-9-6-14-41-25/h3-5,7-8,10-13,15-16,25,33H,6,9,14,17-20H2,1-2H3,(H,35,39)/t25-,33+/m1/s1. The second-order valence-corrected chi connectivity index (χ2v) is 12.5. The second-order valence-electron chi connectivity index (χ2n) is 11.4. The molecule has 3 aliphatic heterocycles. The predicted octanol–water partition coefficient (Wildman–Crippen LogP) is 5.35. The number of aryl methyl sites for hydroxylation is 2. The zero-order chi connectivity index (χ0) is 30.2. The number of anilines is 1. The molecular formula is C34H34N4O5S. The van der Waals surface area contributed by atoms with Gasteiger partial charge in [0.05, 0.1) is 28.5 Å². The van der Waals surface area contributed by atoms with Crippen LogP contribution in [0.25, 0.3) is 16.9 Å². The number of benzene rings is 3. The number of thioether (sulfide) groups is 1. The number of hydrogen-bond acceptors (Lipinski definition) is 7. The second kappa shape index (κ2) is 12.0. The average Bonchev–Trinajstić information content (AvgIpc) is 3.78. The van der Waals surface area contributed by atoms with Gasteiger partial charge in [-0.05, 0) is 56.0 Å². The topological polar surface area (TPSA) is 94.9 Å². The average molecular weight is 611 g/mol. The molecule has 2 atom stereocenters. The Morgan fingerprint density at radius 2 is 1.89 bits per heavy atom. The third-order valence-corrected chi connectivity index (χ3v) is 9.52. The molecule has 0 bridgehead atoms. The van der Waals surface area contributed by atoms with Crippen LogP contribution in [0.5, 0.6) is 11.5 Å². The van der Waals surface area contributed by atoms with Gasteiger partial charge in [0.25, 0.3) is 0 Å². The maximum atomic E-state index is 14.0. The van der Waals surface area contributed by atoms with Gasteiger partial charge in [0.2, 0.25) is 18.6 Å². The maximum Gasteiger partial charge on any atom is 0.240 e. The van der Waals surface area contributed by atoms with E-state index in [4.69, 9.17) is 19.3 Å². The summed E-state index contributed by atoms with van der Waals surface area (Å²) in [5.41, 5.74) is 6.52. The first-order valence-electron chi connectivity index (χ1n) is 14.9. The van der Waals surface area contributed by atoms with E-state index in [0.717, 1.165) is 52.0 Å².